The molecule has 0 aliphatic rings. The number of primary sulfonamides is 1. The fraction of sp³-hybridized carbons (Fsp3) is 0.400. The van der Waals surface area contributed by atoms with Crippen LogP contribution in [0.3, 0.4) is 0 Å². The molecule has 0 saturated carbocycles. The molecule has 0 heterocycles. The molecule has 11 heteroatoms. The third-order valence-corrected chi connectivity index (χ3v) is 4.77. The number of hydrogen-bond donors (Lipinski definition) is 3. The smallest absolute Gasteiger partial charge is 0.268 e. The molecule has 0 unspecified atom stereocenters. The Bertz CT molecular complexity index is 710. The van der Waals surface area contributed by atoms with Gasteiger partial charge in [0, 0.05) is 6.54 Å². The first-order valence-corrected chi connectivity index (χ1v) is 9.50. The fourth-order valence-electron chi connectivity index (χ4n) is 1.26. The SMILES string of the molecule is CC(C)CNS(=O)(=O)Nc1c(Cl)cc(S(N)(=O)=O)cc1Cl. The highest BCUT2D eigenvalue weighted by molar-refractivity contribution is 7.90. The predicted molar refractivity (Wildman–Crippen MR) is 83.2 cm³/mol. The average Bonchev–Trinajstić information content (AvgIpc) is 2.30. The Kier molecular flexibility index (Phi) is 5.87. The Balaban J connectivity index is 3.11. The van der Waals surface area contributed by atoms with Crippen LogP contribution in [0.25, 0.3) is 0 Å². The van der Waals surface area contributed by atoms with Gasteiger partial charge >= 0.3 is 0 Å². The molecule has 1 aromatic rings. The van der Waals surface area contributed by atoms with Crippen LogP contribution in [0.2, 0.25) is 10.0 Å². The third-order valence-electron chi connectivity index (χ3n) is 2.26. The fourth-order valence-corrected chi connectivity index (χ4v) is 3.76. The quantitative estimate of drug-likeness (QED) is 0.698. The van der Waals surface area contributed by atoms with Crippen molar-refractivity contribution in [2.24, 2.45) is 11.1 Å². The average molecular weight is 376 g/mol. The second kappa shape index (κ2) is 6.67. The normalized spacial score (nSPS) is 12.7. The number of hydrogen-bond acceptors (Lipinski definition) is 4. The largest absolute Gasteiger partial charge is 0.299 e. The Morgan fingerprint density at radius 2 is 1.62 bits per heavy atom. The van der Waals surface area contributed by atoms with Gasteiger partial charge in [-0.1, -0.05) is 37.0 Å². The first-order valence-electron chi connectivity index (χ1n) is 5.71. The molecule has 1 rings (SSSR count). The molecular formula is C10H15Cl2N3O4S2. The zero-order valence-electron chi connectivity index (χ0n) is 11.2. The van der Waals surface area contributed by atoms with Crippen LogP contribution in [0.15, 0.2) is 17.0 Å². The van der Waals surface area contributed by atoms with Crippen LogP contribution in [0.5, 0.6) is 0 Å². The lowest BCUT2D eigenvalue weighted by molar-refractivity contribution is 0.565. The number of rotatable bonds is 6. The van der Waals surface area contributed by atoms with Gasteiger partial charge < -0.3 is 0 Å². The number of nitrogens with two attached hydrogens (primary N) is 1. The third kappa shape index (κ3) is 5.61. The van der Waals surface area contributed by atoms with Gasteiger partial charge in [0.05, 0.1) is 20.6 Å². The first kappa shape index (κ1) is 18.5. The zero-order chi connectivity index (χ0) is 16.4. The molecule has 0 bridgehead atoms. The highest BCUT2D eigenvalue weighted by atomic mass is 35.5. The highest BCUT2D eigenvalue weighted by Crippen LogP contribution is 2.33. The molecule has 0 spiro atoms. The Morgan fingerprint density at radius 3 is 2.00 bits per heavy atom. The monoisotopic (exact) mass is 375 g/mol. The summed E-state index contributed by atoms with van der Waals surface area (Å²) in [6.07, 6.45) is 0. The van der Waals surface area contributed by atoms with Gasteiger partial charge in [0.2, 0.25) is 10.0 Å². The van der Waals surface area contributed by atoms with Gasteiger partial charge in [-0.05, 0) is 18.1 Å². The zero-order valence-corrected chi connectivity index (χ0v) is 14.4. The van der Waals surface area contributed by atoms with E-state index in [0.717, 1.165) is 12.1 Å². The number of benzene rings is 1. The molecule has 0 fully saturated rings. The summed E-state index contributed by atoms with van der Waals surface area (Å²) in [4.78, 5) is -0.310. The molecule has 0 radical (unpaired) electrons. The van der Waals surface area contributed by atoms with E-state index in [-0.39, 0.29) is 33.1 Å². The topological polar surface area (TPSA) is 118 Å². The van der Waals surface area contributed by atoms with Gasteiger partial charge in [-0.3, -0.25) is 4.72 Å². The van der Waals surface area contributed by atoms with Gasteiger partial charge in [-0.15, -0.1) is 0 Å². The van der Waals surface area contributed by atoms with Crippen molar-refractivity contribution >= 4 is 49.1 Å². The van der Waals surface area contributed by atoms with Crippen molar-refractivity contribution in [2.45, 2.75) is 18.7 Å². The summed E-state index contributed by atoms with van der Waals surface area (Å²) in [5.41, 5.74) is -0.123. The summed E-state index contributed by atoms with van der Waals surface area (Å²) in [6.45, 7) is 3.90. The van der Waals surface area contributed by atoms with E-state index in [1.54, 1.807) is 0 Å². The lowest BCUT2D eigenvalue weighted by Gasteiger charge is -2.14. The van der Waals surface area contributed by atoms with Gasteiger partial charge in [0.15, 0.2) is 0 Å². The van der Waals surface area contributed by atoms with E-state index in [4.69, 9.17) is 28.3 Å². The van der Waals surface area contributed by atoms with Gasteiger partial charge in [0.25, 0.3) is 10.2 Å². The van der Waals surface area contributed by atoms with Crippen molar-refractivity contribution < 1.29 is 16.8 Å². The number of nitrogens with one attached hydrogen (secondary N) is 2. The molecular weight excluding hydrogens is 361 g/mol. The summed E-state index contributed by atoms with van der Waals surface area (Å²) in [6, 6.07) is 2.03. The summed E-state index contributed by atoms with van der Waals surface area (Å²) in [7, 11) is -7.86. The molecule has 21 heavy (non-hydrogen) atoms. The number of sulfonamides is 1. The van der Waals surface area contributed by atoms with Crippen LogP contribution in [-0.2, 0) is 20.2 Å². The second-order valence-corrected chi connectivity index (χ2v) is 8.53. The summed E-state index contributed by atoms with van der Waals surface area (Å²) in [5.74, 6) is 0.109. The molecule has 120 valence electrons. The maximum absolute atomic E-state index is 11.8. The van der Waals surface area contributed by atoms with E-state index in [0.29, 0.717) is 0 Å². The van der Waals surface area contributed by atoms with Crippen molar-refractivity contribution in [2.75, 3.05) is 11.3 Å². The first-order chi connectivity index (χ1) is 9.42. The van der Waals surface area contributed by atoms with Crippen molar-refractivity contribution in [1.82, 2.24) is 4.72 Å². The van der Waals surface area contributed by atoms with Crippen LogP contribution < -0.4 is 14.6 Å². The van der Waals surface area contributed by atoms with E-state index >= 15 is 0 Å². The van der Waals surface area contributed by atoms with E-state index in [1.807, 2.05) is 13.8 Å². The minimum absolute atomic E-state index is 0.109. The standard InChI is InChI=1S/C10H15Cl2N3O4S2/c1-6(2)5-14-21(18,19)15-10-8(11)3-7(4-9(10)12)20(13,16)17/h3-4,6,14-15H,5H2,1-2H3,(H2,13,16,17). The van der Waals surface area contributed by atoms with Crippen molar-refractivity contribution in [3.63, 3.8) is 0 Å². The lowest BCUT2D eigenvalue weighted by atomic mass is 10.2. The minimum Gasteiger partial charge on any atom is -0.268 e. The molecule has 0 atom stereocenters. The van der Waals surface area contributed by atoms with Crippen molar-refractivity contribution in [3.8, 4) is 0 Å². The predicted octanol–water partition coefficient (Wildman–Crippen LogP) is 1.54. The minimum atomic E-state index is -3.99. The Hall–Kier alpha value is -0.580. The lowest BCUT2D eigenvalue weighted by Crippen LogP contribution is -2.33. The number of halogens is 2. The van der Waals surface area contributed by atoms with Gasteiger partial charge in [-0.2, -0.15) is 13.1 Å². The number of anilines is 1. The van der Waals surface area contributed by atoms with Crippen LogP contribution in [0, 0.1) is 5.92 Å². The molecule has 0 aromatic heterocycles. The van der Waals surface area contributed by atoms with Gasteiger partial charge in [-0.25, -0.2) is 13.6 Å². The Morgan fingerprint density at radius 1 is 1.14 bits per heavy atom. The van der Waals surface area contributed by atoms with Crippen molar-refractivity contribution in [3.05, 3.63) is 22.2 Å². The Labute approximate surface area is 134 Å². The summed E-state index contributed by atoms with van der Waals surface area (Å²) < 4.78 is 50.5. The molecule has 7 nitrogen and oxygen atoms in total. The van der Waals surface area contributed by atoms with Crippen LogP contribution in [0.4, 0.5) is 5.69 Å². The maximum Gasteiger partial charge on any atom is 0.299 e. The van der Waals surface area contributed by atoms with Crippen molar-refractivity contribution in [1.29, 1.82) is 0 Å². The second-order valence-electron chi connectivity index (χ2n) is 4.65. The summed E-state index contributed by atoms with van der Waals surface area (Å²) in [5, 5.41) is 4.60. The van der Waals surface area contributed by atoms with E-state index in [1.165, 1.54) is 0 Å². The van der Waals surface area contributed by atoms with E-state index < -0.39 is 20.2 Å². The van der Waals surface area contributed by atoms with E-state index in [9.17, 15) is 16.8 Å². The van der Waals surface area contributed by atoms with E-state index in [2.05, 4.69) is 9.44 Å². The van der Waals surface area contributed by atoms with Crippen LogP contribution in [0.1, 0.15) is 13.8 Å². The summed E-state index contributed by atoms with van der Waals surface area (Å²) >= 11 is 11.7. The highest BCUT2D eigenvalue weighted by Gasteiger charge is 2.19. The van der Waals surface area contributed by atoms with Gasteiger partial charge in [0.1, 0.15) is 0 Å². The molecule has 0 saturated heterocycles. The van der Waals surface area contributed by atoms with Crippen LogP contribution >= 0.6 is 23.2 Å². The molecule has 0 aliphatic heterocycles. The van der Waals surface area contributed by atoms with Crippen LogP contribution in [-0.4, -0.2) is 23.4 Å². The maximum atomic E-state index is 11.8. The molecule has 1 aromatic carbocycles. The molecule has 4 N–H and O–H groups in total. The molecule has 0 amide bonds. The molecule has 0 aliphatic carbocycles.